The Labute approximate surface area is 109 Å². The van der Waals surface area contributed by atoms with Crippen molar-refractivity contribution in [1.82, 2.24) is 9.38 Å². The first-order valence-electron chi connectivity index (χ1n) is 5.10. The van der Waals surface area contributed by atoms with E-state index in [1.165, 1.54) is 24.5 Å². The summed E-state index contributed by atoms with van der Waals surface area (Å²) >= 11 is 5.33. The van der Waals surface area contributed by atoms with E-state index in [4.69, 9.17) is 4.98 Å². The molecule has 0 bridgehead atoms. The maximum atomic E-state index is 4.73. The molecule has 0 aromatic carbocycles. The summed E-state index contributed by atoms with van der Waals surface area (Å²) in [5.41, 5.74) is 3.73. The number of nitrogens with zero attached hydrogens (tertiary/aromatic N) is 2. The third-order valence-electron chi connectivity index (χ3n) is 2.61. The Morgan fingerprint density at radius 3 is 2.75 bits per heavy atom. The van der Waals surface area contributed by atoms with E-state index in [1.807, 2.05) is 0 Å². The van der Waals surface area contributed by atoms with Gasteiger partial charge >= 0.3 is 0 Å². The topological polar surface area (TPSA) is 17.3 Å². The number of aromatic nitrogens is 2. The summed E-state index contributed by atoms with van der Waals surface area (Å²) in [7, 11) is 1.29. The molecule has 2 rings (SSSR count). The van der Waals surface area contributed by atoms with Crippen LogP contribution in [0.4, 0.5) is 0 Å². The summed E-state index contributed by atoms with van der Waals surface area (Å²) in [6.45, 7) is 8.60. The van der Waals surface area contributed by atoms with Crippen LogP contribution in [-0.2, 0) is 0 Å². The molecule has 86 valence electrons. The largest absolute Gasteiger partial charge is 0.286 e. The van der Waals surface area contributed by atoms with Crippen LogP contribution in [0.2, 0.25) is 0 Å². The van der Waals surface area contributed by atoms with E-state index in [1.54, 1.807) is 11.3 Å². The second kappa shape index (κ2) is 4.59. The summed E-state index contributed by atoms with van der Waals surface area (Å²) in [4.78, 5) is 6.13. The van der Waals surface area contributed by atoms with Crippen LogP contribution >= 0.6 is 35.5 Å². The van der Waals surface area contributed by atoms with Crippen molar-refractivity contribution in [3.05, 3.63) is 27.4 Å². The molecule has 2 aromatic heterocycles. The Bertz CT molecular complexity index is 598. The number of halogens is 1. The number of alkyl halides is 1. The van der Waals surface area contributed by atoms with E-state index in [9.17, 15) is 0 Å². The van der Waals surface area contributed by atoms with Gasteiger partial charge in [-0.25, -0.2) is 4.98 Å². The zero-order chi connectivity index (χ0) is 11.9. The molecule has 0 saturated heterocycles. The molecular weight excluding hydrogens is 303 g/mol. The van der Waals surface area contributed by atoms with Gasteiger partial charge in [-0.05, 0) is 27.4 Å². The third kappa shape index (κ3) is 1.87. The summed E-state index contributed by atoms with van der Waals surface area (Å²) in [6.07, 6.45) is 0. The van der Waals surface area contributed by atoms with Gasteiger partial charge in [0.2, 0.25) is 0 Å². The minimum absolute atomic E-state index is 0.306. The van der Waals surface area contributed by atoms with Crippen molar-refractivity contribution >= 4 is 40.4 Å². The number of fused-ring (bicyclic) bond motifs is 1. The van der Waals surface area contributed by atoms with Gasteiger partial charge in [0.25, 0.3) is 0 Å². The maximum absolute atomic E-state index is 4.73. The zero-order valence-electron chi connectivity index (χ0n) is 9.78. The molecule has 2 nitrogen and oxygen atoms in total. The minimum Gasteiger partial charge on any atom is -0.286 e. The molecule has 16 heavy (non-hydrogen) atoms. The highest BCUT2D eigenvalue weighted by molar-refractivity contribution is 9.09. The highest BCUT2D eigenvalue weighted by atomic mass is 79.9. The van der Waals surface area contributed by atoms with Gasteiger partial charge in [-0.2, -0.15) is 0 Å². The Morgan fingerprint density at radius 1 is 1.50 bits per heavy atom. The fourth-order valence-corrected chi connectivity index (χ4v) is 4.14. The van der Waals surface area contributed by atoms with Crippen molar-refractivity contribution in [2.75, 3.05) is 6.66 Å². The van der Waals surface area contributed by atoms with Crippen molar-refractivity contribution in [2.24, 2.45) is 0 Å². The summed E-state index contributed by atoms with van der Waals surface area (Å²) in [5.74, 6) is 0. The molecule has 5 heteroatoms. The molecule has 0 fully saturated rings. The first kappa shape index (κ1) is 12.3. The summed E-state index contributed by atoms with van der Waals surface area (Å²) in [6, 6.07) is 0. The van der Waals surface area contributed by atoms with E-state index < -0.39 is 0 Å². The smallest absolute Gasteiger partial charge is 0.194 e. The second-order valence-corrected chi connectivity index (χ2v) is 6.86. The third-order valence-corrected chi connectivity index (χ3v) is 4.95. The first-order valence-corrected chi connectivity index (χ1v) is 8.24. The molecule has 0 amide bonds. The Morgan fingerprint density at radius 2 is 2.19 bits per heavy atom. The molecule has 0 spiro atoms. The van der Waals surface area contributed by atoms with Gasteiger partial charge in [-0.3, -0.25) is 4.40 Å². The van der Waals surface area contributed by atoms with Crippen LogP contribution in [0.15, 0.2) is 5.38 Å². The molecule has 0 saturated carbocycles. The predicted octanol–water partition coefficient (Wildman–Crippen LogP) is 4.58. The predicted molar refractivity (Wildman–Crippen MR) is 76.0 cm³/mol. The van der Waals surface area contributed by atoms with Crippen molar-refractivity contribution in [2.45, 2.75) is 25.6 Å². The van der Waals surface area contributed by atoms with Gasteiger partial charge in [0.15, 0.2) is 4.96 Å². The molecule has 2 aromatic rings. The van der Waals surface area contributed by atoms with Crippen molar-refractivity contribution in [1.29, 1.82) is 0 Å². The molecule has 2 heterocycles. The Kier molecular flexibility index (Phi) is 3.53. The molecule has 0 N–H and O–H groups in total. The Balaban J connectivity index is 2.97. The lowest BCUT2D eigenvalue weighted by Crippen LogP contribution is -2.02. The van der Waals surface area contributed by atoms with Crippen LogP contribution in [-0.4, -0.2) is 16.0 Å². The van der Waals surface area contributed by atoms with E-state index in [0.717, 1.165) is 10.7 Å². The van der Waals surface area contributed by atoms with Crippen molar-refractivity contribution < 1.29 is 0 Å². The van der Waals surface area contributed by atoms with E-state index in [-0.39, 0.29) is 0 Å². The van der Waals surface area contributed by atoms with Crippen molar-refractivity contribution in [3.8, 4) is 0 Å². The highest BCUT2D eigenvalue weighted by Crippen LogP contribution is 2.28. The molecule has 0 aliphatic carbocycles. The van der Waals surface area contributed by atoms with E-state index in [2.05, 4.69) is 53.1 Å². The lowest BCUT2D eigenvalue weighted by molar-refractivity contribution is 0.945. The number of thiazole rings is 1. The number of rotatable bonds is 1. The van der Waals surface area contributed by atoms with Crippen LogP contribution in [0.3, 0.4) is 0 Å². The van der Waals surface area contributed by atoms with Gasteiger partial charge in [0.05, 0.1) is 15.6 Å². The van der Waals surface area contributed by atoms with Crippen LogP contribution < -0.4 is 0 Å². The molecule has 0 radical (unpaired) electrons. The second-order valence-electron chi connectivity index (χ2n) is 3.78. The molecule has 0 aliphatic heterocycles. The SMILES string of the molecule is CP=c1c(C)c(C(C)Br)nc2scc(C)n12. The van der Waals surface area contributed by atoms with Crippen LogP contribution in [0.5, 0.6) is 0 Å². The standard InChI is InChI=1S/C11H14BrN2PS/c1-6-5-16-11-13-9(8(3)12)7(2)10(15-4)14(6)11/h5,8H,1-4H3. The van der Waals surface area contributed by atoms with Crippen molar-refractivity contribution in [3.63, 3.8) is 0 Å². The number of hydrogen-bond acceptors (Lipinski definition) is 2. The molecule has 1 atom stereocenters. The summed E-state index contributed by atoms with van der Waals surface area (Å²) in [5, 5.41) is 3.52. The highest BCUT2D eigenvalue weighted by Gasteiger charge is 2.12. The fourth-order valence-electron chi connectivity index (χ4n) is 1.85. The van der Waals surface area contributed by atoms with Gasteiger partial charge in [-0.15, -0.1) is 11.3 Å². The molecular formula is C11H14BrN2PS. The zero-order valence-corrected chi connectivity index (χ0v) is 13.1. The average Bonchev–Trinajstić information content (AvgIpc) is 2.59. The Hall–Kier alpha value is -0.180. The number of hydrogen-bond donors (Lipinski definition) is 0. The maximum Gasteiger partial charge on any atom is 0.194 e. The van der Waals surface area contributed by atoms with Gasteiger partial charge in [0.1, 0.15) is 0 Å². The summed E-state index contributed by atoms with van der Waals surface area (Å²) < 4.78 is 2.26. The number of aryl methyl sites for hydroxylation is 1. The minimum atomic E-state index is 0.306. The fraction of sp³-hybridized carbons (Fsp3) is 0.455. The monoisotopic (exact) mass is 316 g/mol. The van der Waals surface area contributed by atoms with Gasteiger partial charge in [0, 0.05) is 16.6 Å². The lowest BCUT2D eigenvalue weighted by atomic mass is 10.2. The normalized spacial score (nSPS) is 14.7. The van der Waals surface area contributed by atoms with Crippen LogP contribution in [0.25, 0.3) is 4.96 Å². The average molecular weight is 317 g/mol. The van der Waals surface area contributed by atoms with E-state index in [0.29, 0.717) is 4.83 Å². The van der Waals surface area contributed by atoms with E-state index >= 15 is 0 Å². The molecule has 1 unspecified atom stereocenters. The lowest BCUT2D eigenvalue weighted by Gasteiger charge is -2.10. The quantitative estimate of drug-likeness (QED) is 0.556. The molecule has 0 aliphatic rings. The van der Waals surface area contributed by atoms with Crippen LogP contribution in [0, 0.1) is 18.9 Å². The van der Waals surface area contributed by atoms with Crippen LogP contribution in [0.1, 0.15) is 28.7 Å². The van der Waals surface area contributed by atoms with Gasteiger partial charge in [-0.1, -0.05) is 24.1 Å². The first-order chi connectivity index (χ1) is 7.56. The van der Waals surface area contributed by atoms with Gasteiger partial charge < -0.3 is 0 Å².